The Bertz CT molecular complexity index is 497. The van der Waals surface area contributed by atoms with Crippen LogP contribution in [0, 0.1) is 0 Å². The van der Waals surface area contributed by atoms with Crippen molar-refractivity contribution in [1.29, 1.82) is 0 Å². The van der Waals surface area contributed by atoms with Crippen LogP contribution in [-0.2, 0) is 10.0 Å². The average molecular weight is 299 g/mol. The van der Waals surface area contributed by atoms with Gasteiger partial charge in [0.15, 0.2) is 0 Å². The molecule has 1 heterocycles. The fourth-order valence-electron chi connectivity index (χ4n) is 1.92. The van der Waals surface area contributed by atoms with E-state index in [1.54, 1.807) is 22.6 Å². The average Bonchev–Trinajstić information content (AvgIpc) is 2.45. The molecule has 1 aromatic heterocycles. The Morgan fingerprint density at radius 3 is 2.35 bits per heavy atom. The molecule has 1 rings (SSSR count). The molecule has 0 fully saturated rings. The van der Waals surface area contributed by atoms with Gasteiger partial charge in [0.2, 0.25) is 10.0 Å². The predicted octanol–water partition coefficient (Wildman–Crippen LogP) is 2.71. The van der Waals surface area contributed by atoms with Crippen LogP contribution in [0.3, 0.4) is 0 Å². The third kappa shape index (κ3) is 4.45. The van der Waals surface area contributed by atoms with Crippen molar-refractivity contribution in [3.63, 3.8) is 0 Å². The summed E-state index contributed by atoms with van der Waals surface area (Å²) in [6, 6.07) is 3.17. The molecule has 0 spiro atoms. The Labute approximate surface area is 122 Å². The number of hydrogen-bond donors (Lipinski definition) is 1. The number of aromatic nitrogens is 1. The minimum atomic E-state index is -3.42. The molecule has 0 radical (unpaired) electrons. The van der Waals surface area contributed by atoms with E-state index in [1.165, 1.54) is 0 Å². The lowest BCUT2D eigenvalue weighted by atomic mass is 10.4. The minimum absolute atomic E-state index is 0.313. The first-order valence-corrected chi connectivity index (χ1v) is 8.70. The Morgan fingerprint density at radius 2 is 1.80 bits per heavy atom. The van der Waals surface area contributed by atoms with Gasteiger partial charge in [-0.1, -0.05) is 20.8 Å². The molecule has 5 nitrogen and oxygen atoms in total. The number of hydrogen-bond acceptors (Lipinski definition) is 4. The van der Waals surface area contributed by atoms with Crippen molar-refractivity contribution >= 4 is 15.8 Å². The van der Waals surface area contributed by atoms with E-state index >= 15 is 0 Å². The molecule has 0 aromatic carbocycles. The molecule has 1 aromatic rings. The zero-order valence-corrected chi connectivity index (χ0v) is 13.4. The molecule has 114 valence electrons. The standard InChI is InChI=1S/C14H25N3O2S/c1-4-8-15-14-12-13(7-9-16-14)20(18,19)17(10-5-2)11-6-3/h7,9,12H,4-6,8,10-11H2,1-3H3,(H,15,16). The monoisotopic (exact) mass is 299 g/mol. The summed E-state index contributed by atoms with van der Waals surface area (Å²) in [7, 11) is -3.42. The lowest BCUT2D eigenvalue weighted by Gasteiger charge is -2.21. The molecule has 1 N–H and O–H groups in total. The van der Waals surface area contributed by atoms with Crippen LogP contribution in [0.1, 0.15) is 40.0 Å². The first-order chi connectivity index (χ1) is 9.56. The molecule has 0 saturated carbocycles. The van der Waals surface area contributed by atoms with Gasteiger partial charge in [0, 0.05) is 31.9 Å². The van der Waals surface area contributed by atoms with E-state index in [-0.39, 0.29) is 0 Å². The van der Waals surface area contributed by atoms with E-state index < -0.39 is 10.0 Å². The van der Waals surface area contributed by atoms with E-state index in [2.05, 4.69) is 17.2 Å². The molecule has 0 aliphatic rings. The Hall–Kier alpha value is -1.14. The second-order valence-electron chi connectivity index (χ2n) is 4.71. The highest BCUT2D eigenvalue weighted by atomic mass is 32.2. The molecule has 0 aliphatic carbocycles. The highest BCUT2D eigenvalue weighted by Crippen LogP contribution is 2.18. The van der Waals surface area contributed by atoms with E-state index in [0.29, 0.717) is 23.8 Å². The van der Waals surface area contributed by atoms with E-state index in [0.717, 1.165) is 25.8 Å². The molecule has 0 aliphatic heterocycles. The smallest absolute Gasteiger partial charge is 0.243 e. The Balaban J connectivity index is 3.00. The van der Waals surface area contributed by atoms with Crippen LogP contribution < -0.4 is 5.32 Å². The maximum absolute atomic E-state index is 12.6. The summed E-state index contributed by atoms with van der Waals surface area (Å²) in [5.41, 5.74) is 0. The highest BCUT2D eigenvalue weighted by Gasteiger charge is 2.23. The summed E-state index contributed by atoms with van der Waals surface area (Å²) in [6.07, 6.45) is 4.13. The molecule has 0 atom stereocenters. The molecule has 0 amide bonds. The van der Waals surface area contributed by atoms with Crippen molar-refractivity contribution in [2.45, 2.75) is 44.9 Å². The third-order valence-electron chi connectivity index (χ3n) is 2.87. The normalized spacial score (nSPS) is 11.8. The SMILES string of the molecule is CCCNc1cc(S(=O)(=O)N(CCC)CCC)ccn1. The van der Waals surface area contributed by atoms with Gasteiger partial charge in [-0.25, -0.2) is 13.4 Å². The van der Waals surface area contributed by atoms with Gasteiger partial charge in [-0.3, -0.25) is 0 Å². The highest BCUT2D eigenvalue weighted by molar-refractivity contribution is 7.89. The largest absolute Gasteiger partial charge is 0.370 e. The fraction of sp³-hybridized carbons (Fsp3) is 0.643. The van der Waals surface area contributed by atoms with Crippen LogP contribution in [0.25, 0.3) is 0 Å². The maximum Gasteiger partial charge on any atom is 0.243 e. The van der Waals surface area contributed by atoms with Crippen molar-refractivity contribution in [2.75, 3.05) is 25.0 Å². The second kappa shape index (κ2) is 8.21. The van der Waals surface area contributed by atoms with Crippen molar-refractivity contribution in [3.05, 3.63) is 18.3 Å². The summed E-state index contributed by atoms with van der Waals surface area (Å²) in [5, 5.41) is 3.12. The van der Waals surface area contributed by atoms with Crippen LogP contribution in [0.4, 0.5) is 5.82 Å². The summed E-state index contributed by atoms with van der Waals surface area (Å²) >= 11 is 0. The van der Waals surface area contributed by atoms with Gasteiger partial charge < -0.3 is 5.32 Å². The zero-order valence-electron chi connectivity index (χ0n) is 12.6. The van der Waals surface area contributed by atoms with Crippen molar-refractivity contribution < 1.29 is 8.42 Å². The zero-order chi connectivity index (χ0) is 15.0. The molecule has 0 bridgehead atoms. The molecule has 0 unspecified atom stereocenters. The third-order valence-corrected chi connectivity index (χ3v) is 4.77. The van der Waals surface area contributed by atoms with Gasteiger partial charge in [0.05, 0.1) is 4.90 Å². The van der Waals surface area contributed by atoms with E-state index in [1.807, 2.05) is 13.8 Å². The first kappa shape index (κ1) is 16.9. The van der Waals surface area contributed by atoms with Gasteiger partial charge in [0.25, 0.3) is 0 Å². The number of pyridine rings is 1. The number of rotatable bonds is 9. The Kier molecular flexibility index (Phi) is 6.95. The molecule has 20 heavy (non-hydrogen) atoms. The Morgan fingerprint density at radius 1 is 1.15 bits per heavy atom. The summed E-state index contributed by atoms with van der Waals surface area (Å²) in [5.74, 6) is 0.612. The van der Waals surface area contributed by atoms with Gasteiger partial charge in [0.1, 0.15) is 5.82 Å². The summed E-state index contributed by atoms with van der Waals surface area (Å²) in [4.78, 5) is 4.46. The quantitative estimate of drug-likeness (QED) is 0.761. The van der Waals surface area contributed by atoms with E-state index in [4.69, 9.17) is 0 Å². The molecular formula is C14H25N3O2S. The van der Waals surface area contributed by atoms with Gasteiger partial charge in [-0.05, 0) is 25.3 Å². The van der Waals surface area contributed by atoms with Crippen LogP contribution in [0.2, 0.25) is 0 Å². The summed E-state index contributed by atoms with van der Waals surface area (Å²) < 4.78 is 26.8. The summed E-state index contributed by atoms with van der Waals surface area (Å²) in [6.45, 7) is 7.91. The fourth-order valence-corrected chi connectivity index (χ4v) is 3.56. The topological polar surface area (TPSA) is 62.3 Å². The number of sulfonamides is 1. The van der Waals surface area contributed by atoms with Gasteiger partial charge in [-0.15, -0.1) is 0 Å². The minimum Gasteiger partial charge on any atom is -0.370 e. The molecule has 6 heteroatoms. The van der Waals surface area contributed by atoms with Crippen LogP contribution in [0.5, 0.6) is 0 Å². The second-order valence-corrected chi connectivity index (χ2v) is 6.65. The first-order valence-electron chi connectivity index (χ1n) is 7.26. The number of anilines is 1. The number of nitrogens with zero attached hydrogens (tertiary/aromatic N) is 2. The van der Waals surface area contributed by atoms with Gasteiger partial charge in [-0.2, -0.15) is 4.31 Å². The van der Waals surface area contributed by atoms with Crippen LogP contribution >= 0.6 is 0 Å². The van der Waals surface area contributed by atoms with Crippen molar-refractivity contribution in [3.8, 4) is 0 Å². The lowest BCUT2D eigenvalue weighted by molar-refractivity contribution is 0.410. The van der Waals surface area contributed by atoms with E-state index in [9.17, 15) is 8.42 Å². The van der Waals surface area contributed by atoms with Gasteiger partial charge >= 0.3 is 0 Å². The molecule has 0 saturated heterocycles. The molecular weight excluding hydrogens is 274 g/mol. The maximum atomic E-state index is 12.6. The predicted molar refractivity (Wildman–Crippen MR) is 82.4 cm³/mol. The van der Waals surface area contributed by atoms with Crippen LogP contribution in [0.15, 0.2) is 23.2 Å². The van der Waals surface area contributed by atoms with Crippen molar-refractivity contribution in [1.82, 2.24) is 9.29 Å². The lowest BCUT2D eigenvalue weighted by Crippen LogP contribution is -2.32. The van der Waals surface area contributed by atoms with Crippen LogP contribution in [-0.4, -0.2) is 37.3 Å². The number of nitrogens with one attached hydrogen (secondary N) is 1. The van der Waals surface area contributed by atoms with Crippen molar-refractivity contribution in [2.24, 2.45) is 0 Å².